The van der Waals surface area contributed by atoms with Crippen LogP contribution in [0, 0.1) is 11.8 Å². The number of rotatable bonds is 6. The molecule has 0 aliphatic heterocycles. The Morgan fingerprint density at radius 3 is 1.93 bits per heavy atom. The normalized spacial score (nSPS) is 12.1. The lowest BCUT2D eigenvalue weighted by atomic mass is 10.00. The Bertz CT molecular complexity index is 936. The number of primary amides is 1. The van der Waals surface area contributed by atoms with Crippen LogP contribution in [0.4, 0.5) is 0 Å². The van der Waals surface area contributed by atoms with Crippen molar-refractivity contribution in [3.63, 3.8) is 0 Å². The van der Waals surface area contributed by atoms with Gasteiger partial charge in [0.25, 0.3) is 5.91 Å². The number of nitrogens with zero attached hydrogens (tertiary/aromatic N) is 1. The smallest absolute Gasteiger partial charge is 0.262 e. The van der Waals surface area contributed by atoms with E-state index in [4.69, 9.17) is 16.7 Å². The lowest BCUT2D eigenvalue weighted by Gasteiger charge is -2.40. The third-order valence-corrected chi connectivity index (χ3v) is 4.70. The number of nitrogens with one attached hydrogen (secondary N) is 1. The highest BCUT2D eigenvalue weighted by Crippen LogP contribution is 2.21. The Morgan fingerprint density at radius 2 is 1.53 bits per heavy atom. The van der Waals surface area contributed by atoms with E-state index >= 15 is 0 Å². The Kier molecular flexibility index (Phi) is 7.72. The fourth-order valence-electron chi connectivity index (χ4n) is 3.02. The van der Waals surface area contributed by atoms with Gasteiger partial charge in [-0.1, -0.05) is 24.0 Å². The first-order valence-electron chi connectivity index (χ1n) is 9.57. The van der Waals surface area contributed by atoms with Gasteiger partial charge in [0.1, 0.15) is 6.04 Å². The molecule has 0 saturated carbocycles. The molecule has 0 heterocycles. The second-order valence-corrected chi connectivity index (χ2v) is 7.91. The van der Waals surface area contributed by atoms with E-state index in [2.05, 4.69) is 11.8 Å². The number of carbonyl (C=O) groups is 2. The largest absolute Gasteiger partial charge is 0.366 e. The monoisotopic (exact) mass is 408 g/mol. The SMILES string of the molecule is CC(C)(C)N(Cc1ccc(C#Cc2ccc(C(N)=O)cc2)cc1)[C@@H](CN)C(=O)NO. The topological polar surface area (TPSA) is 122 Å². The van der Waals surface area contributed by atoms with Crippen molar-refractivity contribution >= 4 is 11.8 Å². The van der Waals surface area contributed by atoms with E-state index in [0.29, 0.717) is 12.1 Å². The number of hydrogen-bond acceptors (Lipinski definition) is 5. The summed E-state index contributed by atoms with van der Waals surface area (Å²) in [5, 5.41) is 9.03. The van der Waals surface area contributed by atoms with Crippen LogP contribution in [0.3, 0.4) is 0 Å². The maximum atomic E-state index is 12.0. The summed E-state index contributed by atoms with van der Waals surface area (Å²) in [6.07, 6.45) is 0. The van der Waals surface area contributed by atoms with Crippen molar-refractivity contribution < 1.29 is 14.8 Å². The van der Waals surface area contributed by atoms with E-state index in [1.807, 2.05) is 49.9 Å². The average Bonchev–Trinajstić information content (AvgIpc) is 2.72. The molecule has 7 heteroatoms. The van der Waals surface area contributed by atoms with Gasteiger partial charge in [0.2, 0.25) is 5.91 Å². The first-order chi connectivity index (χ1) is 14.2. The molecule has 30 heavy (non-hydrogen) atoms. The number of carbonyl (C=O) groups excluding carboxylic acids is 2. The van der Waals surface area contributed by atoms with Gasteiger partial charge < -0.3 is 11.5 Å². The maximum Gasteiger partial charge on any atom is 0.262 e. The Labute approximate surface area is 177 Å². The number of hydrogen-bond donors (Lipinski definition) is 4. The third-order valence-electron chi connectivity index (χ3n) is 4.70. The first-order valence-corrected chi connectivity index (χ1v) is 9.57. The molecule has 6 N–H and O–H groups in total. The maximum absolute atomic E-state index is 12.0. The molecule has 158 valence electrons. The summed E-state index contributed by atoms with van der Waals surface area (Å²) in [4.78, 5) is 25.1. The van der Waals surface area contributed by atoms with Crippen molar-refractivity contribution in [2.75, 3.05) is 6.54 Å². The molecule has 2 rings (SSSR count). The molecule has 0 fully saturated rings. The second-order valence-electron chi connectivity index (χ2n) is 7.91. The molecule has 0 spiro atoms. The number of amides is 2. The number of hydroxylamine groups is 1. The van der Waals surface area contributed by atoms with Gasteiger partial charge in [-0.2, -0.15) is 0 Å². The van der Waals surface area contributed by atoms with Crippen LogP contribution >= 0.6 is 0 Å². The molecular weight excluding hydrogens is 380 g/mol. The summed E-state index contributed by atoms with van der Waals surface area (Å²) in [5.41, 5.74) is 15.4. The molecule has 7 nitrogen and oxygen atoms in total. The molecule has 2 aromatic rings. The molecule has 2 amide bonds. The van der Waals surface area contributed by atoms with Gasteiger partial charge in [0.05, 0.1) is 0 Å². The number of benzene rings is 2. The van der Waals surface area contributed by atoms with E-state index in [0.717, 1.165) is 16.7 Å². The van der Waals surface area contributed by atoms with Crippen LogP contribution < -0.4 is 16.9 Å². The van der Waals surface area contributed by atoms with Crippen LogP contribution in [0.25, 0.3) is 0 Å². The molecule has 1 atom stereocenters. The summed E-state index contributed by atoms with van der Waals surface area (Å²) >= 11 is 0. The summed E-state index contributed by atoms with van der Waals surface area (Å²) in [6.45, 7) is 6.54. The molecule has 0 radical (unpaired) electrons. The van der Waals surface area contributed by atoms with Crippen LogP contribution in [-0.4, -0.2) is 40.0 Å². The quantitative estimate of drug-likeness (QED) is 0.329. The van der Waals surface area contributed by atoms with Crippen molar-refractivity contribution in [1.82, 2.24) is 10.4 Å². The first kappa shape index (κ1) is 23.1. The summed E-state index contributed by atoms with van der Waals surface area (Å²) < 4.78 is 0. The van der Waals surface area contributed by atoms with Gasteiger partial charge in [-0.05, 0) is 62.7 Å². The Hall–Kier alpha value is -3.18. The lowest BCUT2D eigenvalue weighted by molar-refractivity contribution is -0.137. The van der Waals surface area contributed by atoms with Gasteiger partial charge in [-0.25, -0.2) is 5.48 Å². The minimum atomic E-state index is -0.655. The predicted octanol–water partition coefficient (Wildman–Crippen LogP) is 1.62. The highest BCUT2D eigenvalue weighted by atomic mass is 16.5. The highest BCUT2D eigenvalue weighted by Gasteiger charge is 2.32. The summed E-state index contributed by atoms with van der Waals surface area (Å²) in [5.74, 6) is 5.14. The standard InChI is InChI=1S/C23H28N4O3/c1-23(2,3)27(20(14-24)22(29)26-30)15-18-8-6-16(7-9-18)4-5-17-10-12-19(13-11-17)21(25)28/h6-13,20,30H,14-15,24H2,1-3H3,(H2,25,28)(H,26,29)/t20-/m0/s1. The molecular formula is C23H28N4O3. The van der Waals surface area contributed by atoms with Gasteiger partial charge in [0.15, 0.2) is 0 Å². The van der Waals surface area contributed by atoms with Crippen molar-refractivity contribution in [2.45, 2.75) is 38.9 Å². The molecule has 2 aromatic carbocycles. The highest BCUT2D eigenvalue weighted by molar-refractivity contribution is 5.92. The van der Waals surface area contributed by atoms with Crippen molar-refractivity contribution in [3.05, 3.63) is 70.8 Å². The zero-order valence-corrected chi connectivity index (χ0v) is 17.5. The Balaban J connectivity index is 2.16. The third kappa shape index (κ3) is 6.16. The fourth-order valence-corrected chi connectivity index (χ4v) is 3.02. The van der Waals surface area contributed by atoms with E-state index < -0.39 is 17.9 Å². The molecule has 0 saturated heterocycles. The fraction of sp³-hybridized carbons (Fsp3) is 0.304. The van der Waals surface area contributed by atoms with Gasteiger partial charge in [0, 0.05) is 35.3 Å². The Morgan fingerprint density at radius 1 is 1.03 bits per heavy atom. The zero-order valence-electron chi connectivity index (χ0n) is 17.5. The van der Waals surface area contributed by atoms with Crippen LogP contribution in [0.5, 0.6) is 0 Å². The van der Waals surface area contributed by atoms with E-state index in [-0.39, 0.29) is 12.1 Å². The lowest BCUT2D eigenvalue weighted by Crippen LogP contribution is -2.56. The van der Waals surface area contributed by atoms with E-state index in [1.165, 1.54) is 0 Å². The van der Waals surface area contributed by atoms with Crippen molar-refractivity contribution in [3.8, 4) is 11.8 Å². The second kappa shape index (κ2) is 10.0. The van der Waals surface area contributed by atoms with Crippen molar-refractivity contribution in [1.29, 1.82) is 0 Å². The minimum Gasteiger partial charge on any atom is -0.366 e. The van der Waals surface area contributed by atoms with Crippen LogP contribution in [-0.2, 0) is 11.3 Å². The molecule has 0 aliphatic carbocycles. The van der Waals surface area contributed by atoms with E-state index in [9.17, 15) is 9.59 Å². The van der Waals surface area contributed by atoms with Gasteiger partial charge in [-0.3, -0.25) is 19.7 Å². The number of nitrogens with two attached hydrogens (primary N) is 2. The van der Waals surface area contributed by atoms with Crippen LogP contribution in [0.1, 0.15) is 47.8 Å². The minimum absolute atomic E-state index is 0.0851. The summed E-state index contributed by atoms with van der Waals surface area (Å²) in [6, 6.07) is 13.9. The molecule has 0 aromatic heterocycles. The van der Waals surface area contributed by atoms with Crippen molar-refractivity contribution in [2.24, 2.45) is 11.5 Å². The molecule has 0 aliphatic rings. The molecule has 0 bridgehead atoms. The average molecular weight is 409 g/mol. The van der Waals surface area contributed by atoms with E-state index in [1.54, 1.807) is 29.7 Å². The predicted molar refractivity (Wildman–Crippen MR) is 115 cm³/mol. The zero-order chi connectivity index (χ0) is 22.3. The van der Waals surface area contributed by atoms with Gasteiger partial charge in [-0.15, -0.1) is 0 Å². The van der Waals surface area contributed by atoms with Crippen LogP contribution in [0.2, 0.25) is 0 Å². The molecule has 0 unspecified atom stereocenters. The van der Waals surface area contributed by atoms with Crippen LogP contribution in [0.15, 0.2) is 48.5 Å². The van der Waals surface area contributed by atoms with Gasteiger partial charge >= 0.3 is 0 Å². The summed E-state index contributed by atoms with van der Waals surface area (Å²) in [7, 11) is 0.